The second kappa shape index (κ2) is 7.50. The molecule has 1 aliphatic heterocycles. The molecule has 4 nitrogen and oxygen atoms in total. The number of hydrogen-bond donors (Lipinski definition) is 1. The van der Waals surface area contributed by atoms with Gasteiger partial charge in [0, 0.05) is 19.7 Å². The normalized spacial score (nSPS) is 19.9. The van der Waals surface area contributed by atoms with Crippen LogP contribution in [0.5, 0.6) is 11.5 Å². The lowest BCUT2D eigenvalue weighted by atomic mass is 9.98. The summed E-state index contributed by atoms with van der Waals surface area (Å²) in [6.45, 7) is 5.89. The lowest BCUT2D eigenvalue weighted by Crippen LogP contribution is -2.36. The van der Waals surface area contributed by atoms with Gasteiger partial charge in [-0.15, -0.1) is 0 Å². The van der Waals surface area contributed by atoms with Gasteiger partial charge in [0.1, 0.15) is 0 Å². The average molecular weight is 279 g/mol. The Hall–Kier alpha value is -1.26. The van der Waals surface area contributed by atoms with E-state index in [2.05, 4.69) is 17.0 Å². The molecule has 0 saturated carbocycles. The van der Waals surface area contributed by atoms with Gasteiger partial charge in [0.2, 0.25) is 0 Å². The Morgan fingerprint density at radius 1 is 1.35 bits per heavy atom. The number of rotatable bonds is 6. The molecule has 0 bridgehead atoms. The molecule has 0 aliphatic carbocycles. The number of piperidine rings is 1. The second-order valence-corrected chi connectivity index (χ2v) is 5.34. The summed E-state index contributed by atoms with van der Waals surface area (Å²) < 4.78 is 10.9. The summed E-state index contributed by atoms with van der Waals surface area (Å²) in [7, 11) is 1.66. The van der Waals surface area contributed by atoms with Gasteiger partial charge in [-0.25, -0.2) is 0 Å². The molecule has 2 rings (SSSR count). The molecule has 1 unspecified atom stereocenters. The van der Waals surface area contributed by atoms with E-state index in [-0.39, 0.29) is 0 Å². The van der Waals surface area contributed by atoms with E-state index >= 15 is 0 Å². The molecule has 1 N–H and O–H groups in total. The first kappa shape index (κ1) is 15.1. The molecule has 0 aromatic heterocycles. The van der Waals surface area contributed by atoms with Crippen LogP contribution >= 0.6 is 0 Å². The maximum Gasteiger partial charge on any atom is 0.161 e. The second-order valence-electron chi connectivity index (χ2n) is 5.34. The third-order valence-corrected chi connectivity index (χ3v) is 3.80. The van der Waals surface area contributed by atoms with Gasteiger partial charge in [-0.2, -0.15) is 0 Å². The first-order chi connectivity index (χ1) is 9.76. The van der Waals surface area contributed by atoms with Crippen molar-refractivity contribution >= 4 is 0 Å². The monoisotopic (exact) mass is 279 g/mol. The molecule has 20 heavy (non-hydrogen) atoms. The minimum absolute atomic E-state index is 0.295. The molecule has 1 atom stereocenters. The third kappa shape index (κ3) is 3.87. The van der Waals surface area contributed by atoms with Gasteiger partial charge in [0.25, 0.3) is 0 Å². The van der Waals surface area contributed by atoms with Crippen LogP contribution in [0.15, 0.2) is 18.2 Å². The third-order valence-electron chi connectivity index (χ3n) is 3.80. The van der Waals surface area contributed by atoms with Gasteiger partial charge < -0.3 is 14.6 Å². The van der Waals surface area contributed by atoms with E-state index in [4.69, 9.17) is 9.47 Å². The molecule has 1 heterocycles. The van der Waals surface area contributed by atoms with Crippen LogP contribution in [-0.2, 0) is 6.54 Å². The Balaban J connectivity index is 2.03. The summed E-state index contributed by atoms with van der Waals surface area (Å²) >= 11 is 0. The Morgan fingerprint density at radius 2 is 2.20 bits per heavy atom. The molecule has 112 valence electrons. The van der Waals surface area contributed by atoms with Crippen molar-refractivity contribution in [3.8, 4) is 11.5 Å². The topological polar surface area (TPSA) is 41.9 Å². The number of nitrogens with zero attached hydrogens (tertiary/aromatic N) is 1. The molecule has 4 heteroatoms. The van der Waals surface area contributed by atoms with Crippen molar-refractivity contribution in [3.05, 3.63) is 23.8 Å². The van der Waals surface area contributed by atoms with E-state index in [1.54, 1.807) is 7.11 Å². The lowest BCUT2D eigenvalue weighted by Gasteiger charge is -2.31. The van der Waals surface area contributed by atoms with Gasteiger partial charge in [-0.3, -0.25) is 4.90 Å². The zero-order valence-electron chi connectivity index (χ0n) is 12.5. The fourth-order valence-electron chi connectivity index (χ4n) is 2.79. The molecule has 1 saturated heterocycles. The molecular weight excluding hydrogens is 254 g/mol. The highest BCUT2D eigenvalue weighted by Crippen LogP contribution is 2.29. The zero-order chi connectivity index (χ0) is 14.4. The van der Waals surface area contributed by atoms with Gasteiger partial charge in [0.05, 0.1) is 13.7 Å². The maximum absolute atomic E-state index is 9.29. The number of aliphatic hydroxyl groups excluding tert-OH is 1. The molecule has 0 amide bonds. The van der Waals surface area contributed by atoms with Crippen LogP contribution in [0, 0.1) is 5.92 Å². The number of methoxy groups -OCH3 is 1. The van der Waals surface area contributed by atoms with E-state index in [0.29, 0.717) is 19.1 Å². The van der Waals surface area contributed by atoms with E-state index in [1.807, 2.05) is 13.0 Å². The van der Waals surface area contributed by atoms with E-state index in [9.17, 15) is 5.11 Å². The molecule has 1 aromatic carbocycles. The van der Waals surface area contributed by atoms with Crippen molar-refractivity contribution in [1.29, 1.82) is 0 Å². The summed E-state index contributed by atoms with van der Waals surface area (Å²) in [4.78, 5) is 2.40. The fourth-order valence-corrected chi connectivity index (χ4v) is 2.79. The maximum atomic E-state index is 9.29. The number of ether oxygens (including phenoxy) is 2. The smallest absolute Gasteiger partial charge is 0.161 e. The highest BCUT2D eigenvalue weighted by molar-refractivity contribution is 5.42. The number of aliphatic hydroxyl groups is 1. The first-order valence-corrected chi connectivity index (χ1v) is 7.39. The Morgan fingerprint density at radius 3 is 2.90 bits per heavy atom. The Labute approximate surface area is 121 Å². The van der Waals surface area contributed by atoms with Crippen molar-refractivity contribution in [2.45, 2.75) is 26.3 Å². The molecule has 0 spiro atoms. The minimum Gasteiger partial charge on any atom is -0.493 e. The van der Waals surface area contributed by atoms with E-state index in [1.165, 1.54) is 12.0 Å². The summed E-state index contributed by atoms with van der Waals surface area (Å²) in [5.74, 6) is 2.01. The van der Waals surface area contributed by atoms with Crippen LogP contribution in [0.2, 0.25) is 0 Å². The Kier molecular flexibility index (Phi) is 5.68. The number of hydrogen-bond acceptors (Lipinski definition) is 4. The minimum atomic E-state index is 0.295. The van der Waals surface area contributed by atoms with Crippen molar-refractivity contribution < 1.29 is 14.6 Å². The quantitative estimate of drug-likeness (QED) is 0.867. The van der Waals surface area contributed by atoms with Gasteiger partial charge in [0.15, 0.2) is 11.5 Å². The summed E-state index contributed by atoms with van der Waals surface area (Å²) in [6, 6.07) is 6.11. The van der Waals surface area contributed by atoms with Gasteiger partial charge in [-0.05, 0) is 49.9 Å². The van der Waals surface area contributed by atoms with Crippen molar-refractivity contribution in [3.63, 3.8) is 0 Å². The van der Waals surface area contributed by atoms with Crippen LogP contribution < -0.4 is 9.47 Å². The zero-order valence-corrected chi connectivity index (χ0v) is 12.5. The largest absolute Gasteiger partial charge is 0.493 e. The first-order valence-electron chi connectivity index (χ1n) is 7.39. The van der Waals surface area contributed by atoms with E-state index in [0.717, 1.165) is 37.6 Å². The van der Waals surface area contributed by atoms with Crippen LogP contribution in [-0.4, -0.2) is 43.4 Å². The summed E-state index contributed by atoms with van der Waals surface area (Å²) in [5.41, 5.74) is 1.23. The lowest BCUT2D eigenvalue weighted by molar-refractivity contribution is 0.116. The molecule has 1 aliphatic rings. The highest BCUT2D eigenvalue weighted by Gasteiger charge is 2.19. The summed E-state index contributed by atoms with van der Waals surface area (Å²) in [6.07, 6.45) is 2.31. The summed E-state index contributed by atoms with van der Waals surface area (Å²) in [5, 5.41) is 9.29. The highest BCUT2D eigenvalue weighted by atomic mass is 16.5. The SMILES string of the molecule is CCOc1cc(CN2CCCC(CO)C2)ccc1OC. The van der Waals surface area contributed by atoms with Crippen molar-refractivity contribution in [1.82, 2.24) is 4.90 Å². The van der Waals surface area contributed by atoms with Crippen molar-refractivity contribution in [2.24, 2.45) is 5.92 Å². The van der Waals surface area contributed by atoms with E-state index < -0.39 is 0 Å². The Bertz CT molecular complexity index is 422. The predicted molar refractivity (Wildman–Crippen MR) is 79.2 cm³/mol. The van der Waals surface area contributed by atoms with Crippen LogP contribution in [0.1, 0.15) is 25.3 Å². The average Bonchev–Trinajstić information content (AvgIpc) is 2.48. The van der Waals surface area contributed by atoms with Crippen LogP contribution in [0.3, 0.4) is 0 Å². The van der Waals surface area contributed by atoms with Crippen molar-refractivity contribution in [2.75, 3.05) is 33.4 Å². The molecule has 1 aromatic rings. The molecular formula is C16H25NO3. The standard InChI is InChI=1S/C16H25NO3/c1-3-20-16-9-13(6-7-15(16)19-2)10-17-8-4-5-14(11-17)12-18/h6-7,9,14,18H,3-5,8,10-12H2,1-2H3. The number of likely N-dealkylation sites (tertiary alicyclic amines) is 1. The van der Waals surface area contributed by atoms with Crippen LogP contribution in [0.4, 0.5) is 0 Å². The molecule has 1 fully saturated rings. The fraction of sp³-hybridized carbons (Fsp3) is 0.625. The molecule has 0 radical (unpaired) electrons. The van der Waals surface area contributed by atoms with Crippen LogP contribution in [0.25, 0.3) is 0 Å². The number of benzene rings is 1. The van der Waals surface area contributed by atoms with Gasteiger partial charge >= 0.3 is 0 Å². The predicted octanol–water partition coefficient (Wildman–Crippen LogP) is 2.30. The van der Waals surface area contributed by atoms with Gasteiger partial charge in [-0.1, -0.05) is 6.07 Å².